The summed E-state index contributed by atoms with van der Waals surface area (Å²) in [4.78, 5) is 44.4. The number of hydrogen-bond acceptors (Lipinski definition) is 8. The molecule has 0 radical (unpaired) electrons. The van der Waals surface area contributed by atoms with E-state index in [4.69, 9.17) is 14.2 Å². The van der Waals surface area contributed by atoms with E-state index >= 15 is 0 Å². The van der Waals surface area contributed by atoms with Crippen LogP contribution < -0.4 is 10.5 Å². The maximum atomic E-state index is 13.9. The number of ether oxygens (including phenoxy) is 3. The van der Waals surface area contributed by atoms with E-state index in [-0.39, 0.29) is 28.8 Å². The summed E-state index contributed by atoms with van der Waals surface area (Å²) in [6.07, 6.45) is 2.14. The van der Waals surface area contributed by atoms with Crippen LogP contribution in [0.5, 0.6) is 0 Å². The summed E-state index contributed by atoms with van der Waals surface area (Å²) < 4.78 is 20.8. The van der Waals surface area contributed by atoms with E-state index in [1.807, 2.05) is 23.7 Å². The molecule has 1 fully saturated rings. The molecule has 1 aromatic carbocycles. The lowest BCUT2D eigenvalue weighted by atomic mass is 10.1. The summed E-state index contributed by atoms with van der Waals surface area (Å²) in [5.74, 6) is -0.121. The van der Waals surface area contributed by atoms with Crippen molar-refractivity contribution in [3.63, 3.8) is 0 Å². The summed E-state index contributed by atoms with van der Waals surface area (Å²) in [5.41, 5.74) is 0.213. The van der Waals surface area contributed by atoms with Crippen LogP contribution in [-0.4, -0.2) is 49.3 Å². The van der Waals surface area contributed by atoms with Gasteiger partial charge in [-0.1, -0.05) is 6.07 Å². The SMILES string of the molecule is Cc1ccc2c(cnn2C2CCCCO2)c1-n1c(N(C(=O)OC(C)(C)C)C(=O)OC(C)(C)C)c(C#N)c2cc(C)c(=O)[nH]c21. The van der Waals surface area contributed by atoms with Crippen molar-refractivity contribution in [3.05, 3.63) is 51.4 Å². The fourth-order valence-electron chi connectivity index (χ4n) is 5.39. The van der Waals surface area contributed by atoms with Gasteiger partial charge in [-0.3, -0.25) is 9.36 Å². The number of nitriles is 1. The van der Waals surface area contributed by atoms with Gasteiger partial charge in [-0.2, -0.15) is 15.3 Å². The first-order chi connectivity index (χ1) is 20.6. The number of rotatable bonds is 3. The summed E-state index contributed by atoms with van der Waals surface area (Å²) in [7, 11) is 0. The highest BCUT2D eigenvalue weighted by Crippen LogP contribution is 2.40. The van der Waals surface area contributed by atoms with E-state index in [0.29, 0.717) is 28.6 Å². The Balaban J connectivity index is 1.89. The number of carbonyl (C=O) groups is 2. The van der Waals surface area contributed by atoms with Gasteiger partial charge in [-0.05, 0) is 92.3 Å². The van der Waals surface area contributed by atoms with Crippen molar-refractivity contribution in [1.29, 1.82) is 5.26 Å². The predicted molar refractivity (Wildman–Crippen MR) is 165 cm³/mol. The van der Waals surface area contributed by atoms with E-state index in [2.05, 4.69) is 16.2 Å². The third kappa shape index (κ3) is 5.67. The first kappa shape index (κ1) is 30.8. The molecule has 1 aliphatic heterocycles. The van der Waals surface area contributed by atoms with Gasteiger partial charge in [0, 0.05) is 22.9 Å². The fourth-order valence-corrected chi connectivity index (χ4v) is 5.39. The van der Waals surface area contributed by atoms with Gasteiger partial charge in [0.05, 0.1) is 17.4 Å². The number of benzene rings is 1. The van der Waals surface area contributed by atoms with Crippen LogP contribution in [0, 0.1) is 25.2 Å². The number of hydrogen-bond donors (Lipinski definition) is 1. The average Bonchev–Trinajstić information content (AvgIpc) is 3.47. The number of anilines is 1. The summed E-state index contributed by atoms with van der Waals surface area (Å²) in [6.45, 7) is 14.2. The van der Waals surface area contributed by atoms with Crippen molar-refractivity contribution in [1.82, 2.24) is 19.3 Å². The Bertz CT molecular complexity index is 1840. The molecule has 4 aromatic rings. The Morgan fingerprint density at radius 1 is 1.05 bits per heavy atom. The summed E-state index contributed by atoms with van der Waals surface area (Å²) in [5, 5.41) is 16.2. The van der Waals surface area contributed by atoms with Crippen molar-refractivity contribution in [2.24, 2.45) is 0 Å². The lowest BCUT2D eigenvalue weighted by Crippen LogP contribution is -2.45. The number of aryl methyl sites for hydroxylation is 2. The van der Waals surface area contributed by atoms with Gasteiger partial charge >= 0.3 is 12.2 Å². The summed E-state index contributed by atoms with van der Waals surface area (Å²) in [6, 6.07) is 7.57. The van der Waals surface area contributed by atoms with Crippen LogP contribution in [0.25, 0.3) is 27.6 Å². The minimum atomic E-state index is -1.04. The lowest BCUT2D eigenvalue weighted by molar-refractivity contribution is -0.0366. The number of H-pyrrole nitrogens is 1. The second kappa shape index (κ2) is 11.1. The number of imide groups is 1. The van der Waals surface area contributed by atoms with Gasteiger partial charge in [0.2, 0.25) is 0 Å². The molecule has 1 atom stereocenters. The van der Waals surface area contributed by atoms with Crippen LogP contribution >= 0.6 is 0 Å². The standard InChI is InChI=1S/C32H38N6O6/c1-18-12-13-23-22(17-34-38(23)24-11-9-10-14-42-24)25(18)36-26-20(15-19(2)27(39)35-26)21(16-33)28(36)37(29(40)43-31(3,4)5)30(41)44-32(6,7)8/h12-13,15,17,24H,9-11,14H2,1-8H3,(H,35,39). The van der Waals surface area contributed by atoms with Crippen LogP contribution in [0.2, 0.25) is 0 Å². The molecule has 1 unspecified atom stereocenters. The Hall–Kier alpha value is -4.63. The van der Waals surface area contributed by atoms with Crippen molar-refractivity contribution >= 4 is 39.9 Å². The normalized spacial score (nSPS) is 15.8. The van der Waals surface area contributed by atoms with E-state index in [1.54, 1.807) is 65.3 Å². The van der Waals surface area contributed by atoms with Gasteiger partial charge in [0.1, 0.15) is 28.5 Å². The number of pyridine rings is 1. The highest BCUT2D eigenvalue weighted by molar-refractivity contribution is 6.13. The molecular weight excluding hydrogens is 564 g/mol. The van der Waals surface area contributed by atoms with Gasteiger partial charge in [0.15, 0.2) is 12.0 Å². The third-order valence-corrected chi connectivity index (χ3v) is 7.22. The Morgan fingerprint density at radius 3 is 2.27 bits per heavy atom. The number of aromatic amines is 1. The monoisotopic (exact) mass is 602 g/mol. The van der Waals surface area contributed by atoms with Gasteiger partial charge in [-0.25, -0.2) is 14.3 Å². The van der Waals surface area contributed by atoms with Crippen molar-refractivity contribution in [2.75, 3.05) is 11.5 Å². The average molecular weight is 603 g/mol. The molecular formula is C32H38N6O6. The molecule has 0 bridgehead atoms. The predicted octanol–water partition coefficient (Wildman–Crippen LogP) is 6.53. The van der Waals surface area contributed by atoms with Gasteiger partial charge in [0.25, 0.3) is 5.56 Å². The molecule has 1 N–H and O–H groups in total. The van der Waals surface area contributed by atoms with E-state index in [1.165, 1.54) is 0 Å². The Morgan fingerprint density at radius 2 is 1.70 bits per heavy atom. The highest BCUT2D eigenvalue weighted by Gasteiger charge is 2.39. The first-order valence-corrected chi connectivity index (χ1v) is 14.6. The maximum absolute atomic E-state index is 13.9. The van der Waals surface area contributed by atoms with Crippen molar-refractivity contribution in [2.45, 2.75) is 92.1 Å². The minimum absolute atomic E-state index is 0.0181. The molecule has 12 nitrogen and oxygen atoms in total. The van der Waals surface area contributed by atoms with Crippen molar-refractivity contribution in [3.8, 4) is 11.8 Å². The van der Waals surface area contributed by atoms with Gasteiger partial charge in [-0.15, -0.1) is 0 Å². The molecule has 1 aliphatic rings. The molecule has 232 valence electrons. The second-order valence-electron chi connectivity index (χ2n) is 13.1. The van der Waals surface area contributed by atoms with E-state index in [0.717, 1.165) is 35.2 Å². The van der Waals surface area contributed by atoms with Crippen molar-refractivity contribution < 1.29 is 23.8 Å². The lowest BCUT2D eigenvalue weighted by Gasteiger charge is -2.29. The van der Waals surface area contributed by atoms with E-state index < -0.39 is 23.4 Å². The fraction of sp³-hybridized carbons (Fsp3) is 0.469. The van der Waals surface area contributed by atoms with Crippen LogP contribution in [0.1, 0.15) is 83.7 Å². The number of carbonyl (C=O) groups excluding carboxylic acids is 2. The molecule has 5 rings (SSSR count). The highest BCUT2D eigenvalue weighted by atomic mass is 16.6. The Kier molecular flexibility index (Phi) is 7.80. The number of nitrogens with zero attached hydrogens (tertiary/aromatic N) is 5. The molecule has 12 heteroatoms. The van der Waals surface area contributed by atoms with Crippen LogP contribution in [0.3, 0.4) is 0 Å². The third-order valence-electron chi connectivity index (χ3n) is 7.22. The molecule has 3 aromatic heterocycles. The molecule has 4 heterocycles. The smallest absolute Gasteiger partial charge is 0.425 e. The number of amides is 2. The van der Waals surface area contributed by atoms with Crippen LogP contribution in [0.15, 0.2) is 29.2 Å². The zero-order valence-electron chi connectivity index (χ0n) is 26.4. The first-order valence-electron chi connectivity index (χ1n) is 14.6. The van der Waals surface area contributed by atoms with E-state index in [9.17, 15) is 19.6 Å². The summed E-state index contributed by atoms with van der Waals surface area (Å²) >= 11 is 0. The molecule has 0 spiro atoms. The quantitative estimate of drug-likeness (QED) is 0.279. The minimum Gasteiger partial charge on any atom is -0.443 e. The number of nitrogens with one attached hydrogen (secondary N) is 1. The van der Waals surface area contributed by atoms with Gasteiger partial charge < -0.3 is 19.2 Å². The zero-order chi connectivity index (χ0) is 32.1. The molecule has 44 heavy (non-hydrogen) atoms. The molecule has 1 saturated heterocycles. The molecule has 2 amide bonds. The number of fused-ring (bicyclic) bond motifs is 2. The number of aromatic nitrogens is 4. The largest absolute Gasteiger partial charge is 0.443 e. The van der Waals surface area contributed by atoms with Crippen LogP contribution in [-0.2, 0) is 14.2 Å². The van der Waals surface area contributed by atoms with Crippen LogP contribution in [0.4, 0.5) is 15.4 Å². The molecule has 0 saturated carbocycles. The molecule has 0 aliphatic carbocycles. The second-order valence-corrected chi connectivity index (χ2v) is 13.1. The zero-order valence-corrected chi connectivity index (χ0v) is 26.4. The topological polar surface area (TPSA) is 144 Å². The maximum Gasteiger partial charge on any atom is 0.425 e. The Labute approximate surface area is 255 Å².